The number of nitrogens with two attached hydrogens (primary N) is 1. The average molecular weight is 426 g/mol. The summed E-state index contributed by atoms with van der Waals surface area (Å²) in [7, 11) is 0. The number of hydrogen-bond donors (Lipinski definition) is 4. The second-order valence-electron chi connectivity index (χ2n) is 6.42. The second kappa shape index (κ2) is 9.30. The zero-order chi connectivity index (χ0) is 21.7. The van der Waals surface area contributed by atoms with Gasteiger partial charge in [0.1, 0.15) is 17.2 Å². The third-order valence-corrected chi connectivity index (χ3v) is 4.41. The molecule has 0 aliphatic rings. The van der Waals surface area contributed by atoms with Gasteiger partial charge >= 0.3 is 0 Å². The number of carbonyl (C=O) groups is 2. The Bertz CT molecular complexity index is 1080. The molecule has 0 aromatic heterocycles. The van der Waals surface area contributed by atoms with Crippen molar-refractivity contribution < 1.29 is 19.4 Å². The number of phenols is 1. The Morgan fingerprint density at radius 3 is 2.43 bits per heavy atom. The molecular formula is C22H20ClN3O4. The van der Waals surface area contributed by atoms with E-state index in [2.05, 4.69) is 10.6 Å². The molecule has 0 saturated heterocycles. The molecule has 0 spiro atoms. The third kappa shape index (κ3) is 5.08. The van der Waals surface area contributed by atoms with E-state index in [1.54, 1.807) is 60.7 Å². The largest absolute Gasteiger partial charge is 0.505 e. The number of ether oxygens (including phenoxy) is 1. The maximum absolute atomic E-state index is 12.3. The van der Waals surface area contributed by atoms with E-state index in [0.29, 0.717) is 27.6 Å². The first-order valence-corrected chi connectivity index (χ1v) is 9.42. The number of amides is 2. The normalized spacial score (nSPS) is 10.4. The fourth-order valence-corrected chi connectivity index (χ4v) is 2.92. The smallest absolute Gasteiger partial charge is 0.255 e. The molecule has 5 N–H and O–H groups in total. The van der Waals surface area contributed by atoms with Crippen molar-refractivity contribution in [1.29, 1.82) is 0 Å². The molecular weight excluding hydrogens is 406 g/mol. The molecule has 7 nitrogen and oxygen atoms in total. The van der Waals surface area contributed by atoms with Gasteiger partial charge < -0.3 is 26.2 Å². The molecule has 0 radical (unpaired) electrons. The second-order valence-corrected chi connectivity index (χ2v) is 6.86. The van der Waals surface area contributed by atoms with Crippen LogP contribution in [0.15, 0.2) is 60.7 Å². The summed E-state index contributed by atoms with van der Waals surface area (Å²) in [5.74, 6) is -0.0849. The molecule has 0 unspecified atom stereocenters. The maximum Gasteiger partial charge on any atom is 0.255 e. The zero-order valence-corrected chi connectivity index (χ0v) is 16.9. The van der Waals surface area contributed by atoms with Crippen LogP contribution in [0.3, 0.4) is 0 Å². The molecule has 3 rings (SSSR count). The lowest BCUT2D eigenvalue weighted by Crippen LogP contribution is -2.11. The minimum absolute atomic E-state index is 0.111. The number of nitrogens with one attached hydrogen (secondary N) is 2. The average Bonchev–Trinajstić information content (AvgIpc) is 2.72. The van der Waals surface area contributed by atoms with Crippen LogP contribution in [0.1, 0.15) is 22.8 Å². The van der Waals surface area contributed by atoms with Crippen LogP contribution < -0.4 is 21.1 Å². The van der Waals surface area contributed by atoms with Gasteiger partial charge in [0.05, 0.1) is 0 Å². The van der Waals surface area contributed by atoms with Gasteiger partial charge in [0, 0.05) is 35.3 Å². The molecule has 3 aromatic rings. The van der Waals surface area contributed by atoms with Crippen LogP contribution in [-0.4, -0.2) is 16.9 Å². The Morgan fingerprint density at radius 1 is 1.07 bits per heavy atom. The molecule has 0 heterocycles. The Kier molecular flexibility index (Phi) is 6.56. The van der Waals surface area contributed by atoms with Crippen LogP contribution in [-0.2, 0) is 11.3 Å². The van der Waals surface area contributed by atoms with Gasteiger partial charge in [-0.25, -0.2) is 0 Å². The summed E-state index contributed by atoms with van der Waals surface area (Å²) in [5, 5.41) is 16.1. The first-order valence-electron chi connectivity index (χ1n) is 9.04. The number of hydrogen-bond acceptors (Lipinski definition) is 5. The van der Waals surface area contributed by atoms with Crippen molar-refractivity contribution in [3.63, 3.8) is 0 Å². The third-order valence-electron chi connectivity index (χ3n) is 4.17. The summed E-state index contributed by atoms with van der Waals surface area (Å²) in [5.41, 5.74) is 7.23. The van der Waals surface area contributed by atoms with Crippen LogP contribution in [0.4, 0.5) is 11.4 Å². The van der Waals surface area contributed by atoms with Crippen LogP contribution in [0, 0.1) is 0 Å². The first kappa shape index (κ1) is 21.2. The van der Waals surface area contributed by atoms with Gasteiger partial charge in [-0.2, -0.15) is 0 Å². The summed E-state index contributed by atoms with van der Waals surface area (Å²) < 4.78 is 5.81. The number of anilines is 2. The number of benzene rings is 3. The lowest BCUT2D eigenvalue weighted by molar-refractivity contribution is -0.114. The topological polar surface area (TPSA) is 114 Å². The van der Waals surface area contributed by atoms with Crippen molar-refractivity contribution in [2.75, 3.05) is 10.6 Å². The van der Waals surface area contributed by atoms with Crippen molar-refractivity contribution in [2.24, 2.45) is 5.73 Å². The number of carbonyl (C=O) groups excluding carboxylic acids is 2. The quantitative estimate of drug-likeness (QED) is 0.434. The Labute approximate surface area is 178 Å². The zero-order valence-electron chi connectivity index (χ0n) is 16.1. The molecule has 8 heteroatoms. The van der Waals surface area contributed by atoms with E-state index >= 15 is 0 Å². The Balaban J connectivity index is 1.76. The molecule has 154 valence electrons. The van der Waals surface area contributed by atoms with Gasteiger partial charge in [-0.05, 0) is 48.5 Å². The van der Waals surface area contributed by atoms with Crippen LogP contribution >= 0.6 is 11.6 Å². The first-order chi connectivity index (χ1) is 14.4. The van der Waals surface area contributed by atoms with E-state index in [-0.39, 0.29) is 35.5 Å². The van der Waals surface area contributed by atoms with E-state index < -0.39 is 0 Å². The molecule has 0 fully saturated rings. The number of rotatable bonds is 6. The number of phenolic OH excluding ortho intramolecular Hbond substituents is 1. The van der Waals surface area contributed by atoms with Gasteiger partial charge in [0.25, 0.3) is 5.91 Å². The number of halogens is 1. The molecule has 2 amide bonds. The molecule has 0 bridgehead atoms. The SMILES string of the molecule is CC(=O)Nc1c(Oc2ccc(NC(=O)c3cccc(Cl)c3)cc2)ccc(CN)c1O. The minimum Gasteiger partial charge on any atom is -0.505 e. The maximum atomic E-state index is 12.3. The van der Waals surface area contributed by atoms with E-state index in [4.69, 9.17) is 22.1 Å². The lowest BCUT2D eigenvalue weighted by atomic mass is 10.1. The van der Waals surface area contributed by atoms with Crippen molar-refractivity contribution in [1.82, 2.24) is 0 Å². The van der Waals surface area contributed by atoms with Crippen molar-refractivity contribution >= 4 is 34.8 Å². The monoisotopic (exact) mass is 425 g/mol. The molecule has 0 aliphatic carbocycles. The predicted octanol–water partition coefficient (Wildman–Crippen LogP) is 4.51. The highest BCUT2D eigenvalue weighted by Gasteiger charge is 2.15. The Morgan fingerprint density at radius 2 is 1.80 bits per heavy atom. The summed E-state index contributed by atoms with van der Waals surface area (Å²) in [6.07, 6.45) is 0. The highest BCUT2D eigenvalue weighted by atomic mass is 35.5. The van der Waals surface area contributed by atoms with Crippen LogP contribution in [0.2, 0.25) is 5.02 Å². The molecule has 0 aliphatic heterocycles. The van der Waals surface area contributed by atoms with E-state index in [9.17, 15) is 14.7 Å². The summed E-state index contributed by atoms with van der Waals surface area (Å²) in [6, 6.07) is 16.5. The highest BCUT2D eigenvalue weighted by molar-refractivity contribution is 6.31. The van der Waals surface area contributed by atoms with E-state index in [1.165, 1.54) is 6.92 Å². The summed E-state index contributed by atoms with van der Waals surface area (Å²) >= 11 is 5.92. The molecule has 3 aromatic carbocycles. The van der Waals surface area contributed by atoms with Crippen molar-refractivity contribution in [3.05, 3.63) is 76.8 Å². The van der Waals surface area contributed by atoms with Gasteiger partial charge in [-0.1, -0.05) is 23.7 Å². The summed E-state index contributed by atoms with van der Waals surface area (Å²) in [6.45, 7) is 1.44. The number of aromatic hydroxyl groups is 1. The highest BCUT2D eigenvalue weighted by Crippen LogP contribution is 2.39. The van der Waals surface area contributed by atoms with Gasteiger partial charge in [-0.3, -0.25) is 9.59 Å². The molecule has 30 heavy (non-hydrogen) atoms. The van der Waals surface area contributed by atoms with E-state index in [1.807, 2.05) is 0 Å². The molecule has 0 saturated carbocycles. The van der Waals surface area contributed by atoms with Gasteiger partial charge in [0.15, 0.2) is 5.75 Å². The van der Waals surface area contributed by atoms with Crippen LogP contribution in [0.5, 0.6) is 17.2 Å². The van der Waals surface area contributed by atoms with E-state index in [0.717, 1.165) is 0 Å². The molecule has 0 atom stereocenters. The minimum atomic E-state index is -0.358. The standard InChI is InChI=1S/C22H20ClN3O4/c1-13(27)25-20-19(10-5-15(12-24)21(20)28)30-18-8-6-17(7-9-18)26-22(29)14-3-2-4-16(23)11-14/h2-11,28H,12,24H2,1H3,(H,25,27)(H,26,29). The Hall–Kier alpha value is -3.55. The summed E-state index contributed by atoms with van der Waals surface area (Å²) in [4.78, 5) is 23.8. The van der Waals surface area contributed by atoms with Crippen molar-refractivity contribution in [2.45, 2.75) is 13.5 Å². The predicted molar refractivity (Wildman–Crippen MR) is 116 cm³/mol. The van der Waals surface area contributed by atoms with Gasteiger partial charge in [-0.15, -0.1) is 0 Å². The van der Waals surface area contributed by atoms with Crippen molar-refractivity contribution in [3.8, 4) is 17.2 Å². The fraction of sp³-hybridized carbons (Fsp3) is 0.0909. The fourth-order valence-electron chi connectivity index (χ4n) is 2.73. The van der Waals surface area contributed by atoms with Gasteiger partial charge in [0.2, 0.25) is 5.91 Å². The van der Waals surface area contributed by atoms with Crippen LogP contribution in [0.25, 0.3) is 0 Å². The lowest BCUT2D eigenvalue weighted by Gasteiger charge is -2.15.